The van der Waals surface area contributed by atoms with E-state index >= 15 is 0 Å². The number of nitrogens with one attached hydrogen (secondary N) is 1. The van der Waals surface area contributed by atoms with Crippen molar-refractivity contribution in [3.8, 4) is 0 Å². The smallest absolute Gasteiger partial charge is 0.236 e. The summed E-state index contributed by atoms with van der Waals surface area (Å²) in [5.74, 6) is 1.57. The number of hydrogen-bond acceptors (Lipinski definition) is 7. The van der Waals surface area contributed by atoms with Crippen LogP contribution in [0.1, 0.15) is 5.76 Å². The van der Waals surface area contributed by atoms with Gasteiger partial charge in [0.2, 0.25) is 5.91 Å². The Labute approximate surface area is 146 Å². The van der Waals surface area contributed by atoms with Crippen LogP contribution in [0.4, 0.5) is 5.82 Å². The van der Waals surface area contributed by atoms with E-state index in [4.69, 9.17) is 9.15 Å². The third kappa shape index (κ3) is 5.27. The number of amides is 1. The molecule has 1 aliphatic rings. The summed E-state index contributed by atoms with van der Waals surface area (Å²) in [6, 6.07) is 7.38. The van der Waals surface area contributed by atoms with E-state index in [1.165, 1.54) is 0 Å². The van der Waals surface area contributed by atoms with Gasteiger partial charge >= 0.3 is 0 Å². The highest BCUT2D eigenvalue weighted by molar-refractivity contribution is 5.77. The van der Waals surface area contributed by atoms with Gasteiger partial charge in [-0.3, -0.25) is 9.69 Å². The summed E-state index contributed by atoms with van der Waals surface area (Å²) in [6.45, 7) is 3.55. The van der Waals surface area contributed by atoms with E-state index in [0.29, 0.717) is 32.8 Å². The number of likely N-dealkylation sites (N-methyl/N-ethyl adjacent to an activating group) is 1. The Bertz CT molecular complexity index is 650. The molecule has 0 aromatic carbocycles. The Morgan fingerprint density at radius 3 is 3.12 bits per heavy atom. The average Bonchev–Trinajstić information content (AvgIpc) is 3.14. The molecule has 0 aliphatic carbocycles. The van der Waals surface area contributed by atoms with Crippen molar-refractivity contribution in [2.24, 2.45) is 0 Å². The molecular formula is C17H23N5O3. The van der Waals surface area contributed by atoms with E-state index in [-0.39, 0.29) is 12.0 Å². The summed E-state index contributed by atoms with van der Waals surface area (Å²) in [6.07, 6.45) is 3.26. The molecule has 0 radical (unpaired) electrons. The third-order valence-electron chi connectivity index (χ3n) is 4.06. The molecule has 25 heavy (non-hydrogen) atoms. The topological polar surface area (TPSA) is 83.7 Å². The lowest BCUT2D eigenvalue weighted by atomic mass is 10.2. The number of nitrogens with zero attached hydrogens (tertiary/aromatic N) is 4. The van der Waals surface area contributed by atoms with Crippen LogP contribution in [-0.2, 0) is 16.1 Å². The van der Waals surface area contributed by atoms with Gasteiger partial charge in [0, 0.05) is 32.9 Å². The van der Waals surface area contributed by atoms with Crippen LogP contribution in [0, 0.1) is 0 Å². The molecular weight excluding hydrogens is 322 g/mol. The predicted molar refractivity (Wildman–Crippen MR) is 91.9 cm³/mol. The highest BCUT2D eigenvalue weighted by atomic mass is 16.5. The van der Waals surface area contributed by atoms with Gasteiger partial charge < -0.3 is 19.4 Å². The molecule has 8 heteroatoms. The first-order valence-electron chi connectivity index (χ1n) is 8.32. The zero-order valence-corrected chi connectivity index (χ0v) is 14.3. The minimum absolute atomic E-state index is 0.0129. The molecule has 1 aliphatic heterocycles. The lowest BCUT2D eigenvalue weighted by molar-refractivity contribution is -0.133. The van der Waals surface area contributed by atoms with Crippen LogP contribution < -0.4 is 5.32 Å². The van der Waals surface area contributed by atoms with Crippen LogP contribution in [-0.4, -0.2) is 71.8 Å². The quantitative estimate of drug-likeness (QED) is 0.796. The predicted octanol–water partition coefficient (Wildman–Crippen LogP) is 0.841. The Balaban J connectivity index is 1.43. The molecule has 134 valence electrons. The first kappa shape index (κ1) is 17.4. The maximum Gasteiger partial charge on any atom is 0.236 e. The highest BCUT2D eigenvalue weighted by Crippen LogP contribution is 2.09. The SMILES string of the molecule is CN(Cc1ccco1)C(=O)CN1CCO[C@H](CNc2cccnn2)C1. The second kappa shape index (κ2) is 8.59. The van der Waals surface area contributed by atoms with Crippen LogP contribution in [0.2, 0.25) is 0 Å². The molecule has 0 saturated carbocycles. The maximum absolute atomic E-state index is 12.4. The molecule has 3 rings (SSSR count). The summed E-state index contributed by atoms with van der Waals surface area (Å²) in [5.41, 5.74) is 0. The maximum atomic E-state index is 12.4. The van der Waals surface area contributed by atoms with Crippen molar-refractivity contribution in [1.29, 1.82) is 0 Å². The van der Waals surface area contributed by atoms with Crippen molar-refractivity contribution in [2.45, 2.75) is 12.6 Å². The van der Waals surface area contributed by atoms with Crippen LogP contribution in [0.5, 0.6) is 0 Å². The largest absolute Gasteiger partial charge is 0.467 e. The van der Waals surface area contributed by atoms with Gasteiger partial charge in [0.15, 0.2) is 0 Å². The molecule has 1 N–H and O–H groups in total. The molecule has 0 bridgehead atoms. The molecule has 1 atom stereocenters. The fourth-order valence-electron chi connectivity index (χ4n) is 2.70. The van der Waals surface area contributed by atoms with Gasteiger partial charge in [0.05, 0.1) is 32.1 Å². The Morgan fingerprint density at radius 2 is 2.36 bits per heavy atom. The average molecular weight is 345 g/mol. The van der Waals surface area contributed by atoms with Crippen LogP contribution in [0.3, 0.4) is 0 Å². The number of morpholine rings is 1. The van der Waals surface area contributed by atoms with E-state index in [1.54, 1.807) is 24.4 Å². The molecule has 1 saturated heterocycles. The Kier molecular flexibility index (Phi) is 5.97. The van der Waals surface area contributed by atoms with Gasteiger partial charge in [0.1, 0.15) is 11.6 Å². The lowest BCUT2D eigenvalue weighted by Crippen LogP contribution is -2.48. The van der Waals surface area contributed by atoms with E-state index in [2.05, 4.69) is 20.4 Å². The highest BCUT2D eigenvalue weighted by Gasteiger charge is 2.23. The zero-order valence-electron chi connectivity index (χ0n) is 14.3. The van der Waals surface area contributed by atoms with E-state index in [0.717, 1.165) is 18.1 Å². The van der Waals surface area contributed by atoms with Gasteiger partial charge in [0.25, 0.3) is 0 Å². The number of rotatable bonds is 7. The summed E-state index contributed by atoms with van der Waals surface area (Å²) in [4.78, 5) is 16.2. The summed E-state index contributed by atoms with van der Waals surface area (Å²) in [7, 11) is 1.79. The van der Waals surface area contributed by atoms with E-state index in [1.807, 2.05) is 24.3 Å². The van der Waals surface area contributed by atoms with Crippen LogP contribution in [0.15, 0.2) is 41.1 Å². The normalized spacial score (nSPS) is 18.0. The molecule has 2 aromatic rings. The monoisotopic (exact) mass is 345 g/mol. The van der Waals surface area contributed by atoms with Gasteiger partial charge in [-0.25, -0.2) is 0 Å². The number of hydrogen-bond donors (Lipinski definition) is 1. The molecule has 1 amide bonds. The minimum atomic E-state index is 0.0129. The number of aromatic nitrogens is 2. The third-order valence-corrected chi connectivity index (χ3v) is 4.06. The standard InChI is InChI=1S/C17H23N5O3/c1-21(11-14-4-3-8-24-14)17(23)13-22-7-9-25-15(12-22)10-18-16-5-2-6-19-20-16/h2-6,8,15H,7,9-13H2,1H3,(H,18,20)/t15-/m1/s1. The summed E-state index contributed by atoms with van der Waals surface area (Å²) >= 11 is 0. The van der Waals surface area contributed by atoms with Gasteiger partial charge in [-0.1, -0.05) is 0 Å². The first-order chi connectivity index (χ1) is 12.2. The number of anilines is 1. The zero-order chi connectivity index (χ0) is 17.5. The van der Waals surface area contributed by atoms with Crippen LogP contribution >= 0.6 is 0 Å². The number of carbonyl (C=O) groups is 1. The number of furan rings is 1. The van der Waals surface area contributed by atoms with Crippen molar-refractivity contribution in [3.63, 3.8) is 0 Å². The molecule has 2 aromatic heterocycles. The summed E-state index contributed by atoms with van der Waals surface area (Å²) in [5, 5.41) is 11.0. The fourth-order valence-corrected chi connectivity index (χ4v) is 2.70. The van der Waals surface area contributed by atoms with E-state index in [9.17, 15) is 4.79 Å². The van der Waals surface area contributed by atoms with Gasteiger partial charge in [-0.05, 0) is 24.3 Å². The summed E-state index contributed by atoms with van der Waals surface area (Å²) < 4.78 is 11.1. The molecule has 0 spiro atoms. The molecule has 1 fully saturated rings. The first-order valence-corrected chi connectivity index (χ1v) is 8.32. The minimum Gasteiger partial charge on any atom is -0.467 e. The van der Waals surface area contributed by atoms with E-state index < -0.39 is 0 Å². The number of ether oxygens (including phenoxy) is 1. The Hall–Kier alpha value is -2.45. The van der Waals surface area contributed by atoms with Crippen molar-refractivity contribution in [3.05, 3.63) is 42.5 Å². The molecule has 0 unspecified atom stereocenters. The Morgan fingerprint density at radius 1 is 1.44 bits per heavy atom. The molecule has 8 nitrogen and oxygen atoms in total. The second-order valence-corrected chi connectivity index (χ2v) is 6.05. The number of carbonyl (C=O) groups excluding carboxylic acids is 1. The second-order valence-electron chi connectivity index (χ2n) is 6.05. The van der Waals surface area contributed by atoms with Crippen molar-refractivity contribution < 1.29 is 13.9 Å². The van der Waals surface area contributed by atoms with Gasteiger partial charge in [-0.15, -0.1) is 5.10 Å². The van der Waals surface area contributed by atoms with Gasteiger partial charge in [-0.2, -0.15) is 5.10 Å². The fraction of sp³-hybridized carbons (Fsp3) is 0.471. The molecule has 3 heterocycles. The lowest BCUT2D eigenvalue weighted by Gasteiger charge is -2.33. The van der Waals surface area contributed by atoms with Crippen molar-refractivity contribution in [2.75, 3.05) is 45.2 Å². The van der Waals surface area contributed by atoms with Crippen molar-refractivity contribution in [1.82, 2.24) is 20.0 Å². The van der Waals surface area contributed by atoms with Crippen LogP contribution in [0.25, 0.3) is 0 Å². The van der Waals surface area contributed by atoms with Crippen molar-refractivity contribution >= 4 is 11.7 Å².